The summed E-state index contributed by atoms with van der Waals surface area (Å²) in [7, 11) is 1.39. The second kappa shape index (κ2) is 6.22. The van der Waals surface area contributed by atoms with Crippen LogP contribution < -0.4 is 0 Å². The fourth-order valence-corrected chi connectivity index (χ4v) is 0.236. The first kappa shape index (κ1) is 15.2. The van der Waals surface area contributed by atoms with Gasteiger partial charge in [-0.3, -0.25) is 4.79 Å². The SMILES string of the molecule is COC(=O)C(C)C.O=C(O)C(F)(F)F. The van der Waals surface area contributed by atoms with Gasteiger partial charge in [-0.1, -0.05) is 13.8 Å². The Bertz CT molecular complexity index is 196. The van der Waals surface area contributed by atoms with Crippen LogP contribution in [0.3, 0.4) is 0 Å². The van der Waals surface area contributed by atoms with Crippen molar-refractivity contribution in [1.82, 2.24) is 0 Å². The van der Waals surface area contributed by atoms with Gasteiger partial charge in [0.15, 0.2) is 0 Å². The van der Waals surface area contributed by atoms with Crippen LogP contribution in [0.5, 0.6) is 0 Å². The van der Waals surface area contributed by atoms with E-state index in [4.69, 9.17) is 9.90 Å². The molecule has 0 fully saturated rings. The molecule has 0 bridgehead atoms. The maximum Gasteiger partial charge on any atom is 0.490 e. The highest BCUT2D eigenvalue weighted by molar-refractivity contribution is 5.73. The Morgan fingerprint density at radius 3 is 1.57 bits per heavy atom. The molecule has 0 aromatic carbocycles. The standard InChI is InChI=1S/C5H10O2.C2HF3O2/c1-4(2)5(6)7-3;3-2(4,5)1(6)7/h4H,1-3H3;(H,6,7). The molecule has 0 heterocycles. The van der Waals surface area contributed by atoms with Gasteiger partial charge in [-0.15, -0.1) is 0 Å². The molecule has 1 N–H and O–H groups in total. The van der Waals surface area contributed by atoms with E-state index in [1.54, 1.807) is 13.8 Å². The van der Waals surface area contributed by atoms with Crippen molar-refractivity contribution in [2.45, 2.75) is 20.0 Å². The minimum absolute atomic E-state index is 0.00463. The lowest BCUT2D eigenvalue weighted by Crippen LogP contribution is -2.21. The third-order valence-electron chi connectivity index (χ3n) is 0.915. The molecule has 0 unspecified atom stereocenters. The number of ether oxygens (including phenoxy) is 1. The maximum atomic E-state index is 10.6. The first-order valence-electron chi connectivity index (χ1n) is 3.50. The molecule has 0 aromatic rings. The van der Waals surface area contributed by atoms with Crippen LogP contribution in [0.25, 0.3) is 0 Å². The fourth-order valence-electron chi connectivity index (χ4n) is 0.236. The van der Waals surface area contributed by atoms with Gasteiger partial charge in [0.05, 0.1) is 13.0 Å². The van der Waals surface area contributed by atoms with Crippen LogP contribution in [0.1, 0.15) is 13.8 Å². The van der Waals surface area contributed by atoms with E-state index in [1.165, 1.54) is 7.11 Å². The number of esters is 1. The summed E-state index contributed by atoms with van der Waals surface area (Å²) in [6.45, 7) is 3.59. The number of halogens is 3. The number of hydrogen-bond donors (Lipinski definition) is 1. The topological polar surface area (TPSA) is 63.6 Å². The van der Waals surface area contributed by atoms with E-state index in [0.717, 1.165) is 0 Å². The number of methoxy groups -OCH3 is 1. The molecule has 0 aromatic heterocycles. The second-order valence-electron chi connectivity index (χ2n) is 2.48. The van der Waals surface area contributed by atoms with Gasteiger partial charge in [0.25, 0.3) is 0 Å². The average Bonchev–Trinajstić information content (AvgIpc) is 2.02. The number of hydrogen-bond acceptors (Lipinski definition) is 3. The van der Waals surface area contributed by atoms with Crippen LogP contribution in [0.4, 0.5) is 13.2 Å². The molecule has 0 aliphatic heterocycles. The number of carboxylic acids is 1. The summed E-state index contributed by atoms with van der Waals surface area (Å²) in [4.78, 5) is 19.2. The monoisotopic (exact) mass is 216 g/mol. The van der Waals surface area contributed by atoms with E-state index < -0.39 is 12.1 Å². The second-order valence-corrected chi connectivity index (χ2v) is 2.48. The zero-order chi connectivity index (χ0) is 11.9. The molecule has 0 amide bonds. The van der Waals surface area contributed by atoms with Crippen LogP contribution in [-0.2, 0) is 14.3 Å². The van der Waals surface area contributed by atoms with E-state index in [2.05, 4.69) is 4.74 Å². The number of aliphatic carboxylic acids is 1. The average molecular weight is 216 g/mol. The van der Waals surface area contributed by atoms with Crippen LogP contribution in [0, 0.1) is 5.92 Å². The summed E-state index contributed by atoms with van der Waals surface area (Å²) in [5.74, 6) is -2.91. The summed E-state index contributed by atoms with van der Waals surface area (Å²) in [6.07, 6.45) is -5.08. The molecule has 0 spiro atoms. The first-order valence-corrected chi connectivity index (χ1v) is 3.50. The van der Waals surface area contributed by atoms with Gasteiger partial charge in [0, 0.05) is 0 Å². The predicted molar refractivity (Wildman–Crippen MR) is 40.5 cm³/mol. The van der Waals surface area contributed by atoms with Gasteiger partial charge < -0.3 is 9.84 Å². The van der Waals surface area contributed by atoms with Gasteiger partial charge in [0.1, 0.15) is 0 Å². The van der Waals surface area contributed by atoms with Crippen molar-refractivity contribution in [3.63, 3.8) is 0 Å². The molecule has 14 heavy (non-hydrogen) atoms. The largest absolute Gasteiger partial charge is 0.490 e. The number of carbonyl (C=O) groups excluding carboxylic acids is 1. The maximum absolute atomic E-state index is 10.6. The van der Waals surface area contributed by atoms with Gasteiger partial charge in [-0.05, 0) is 0 Å². The molecular weight excluding hydrogens is 205 g/mol. The van der Waals surface area contributed by atoms with Crippen LogP contribution in [0.2, 0.25) is 0 Å². The van der Waals surface area contributed by atoms with Crippen molar-refractivity contribution in [2.75, 3.05) is 7.11 Å². The third kappa shape index (κ3) is 8.82. The van der Waals surface area contributed by atoms with Crippen LogP contribution in [-0.4, -0.2) is 30.3 Å². The number of alkyl halides is 3. The van der Waals surface area contributed by atoms with Crippen molar-refractivity contribution in [1.29, 1.82) is 0 Å². The molecule has 0 aliphatic rings. The van der Waals surface area contributed by atoms with Gasteiger partial charge in [-0.25, -0.2) is 4.79 Å². The first-order chi connectivity index (χ1) is 6.12. The Kier molecular flexibility index (Phi) is 6.76. The Hall–Kier alpha value is -1.27. The predicted octanol–water partition coefficient (Wildman–Crippen LogP) is 1.45. The Balaban J connectivity index is 0. The summed E-state index contributed by atoms with van der Waals surface area (Å²) in [5.41, 5.74) is 0. The summed E-state index contributed by atoms with van der Waals surface area (Å²) >= 11 is 0. The number of carboxylic acid groups (broad SMARTS) is 1. The lowest BCUT2D eigenvalue weighted by atomic mass is 10.2. The highest BCUT2D eigenvalue weighted by Crippen LogP contribution is 2.13. The van der Waals surface area contributed by atoms with E-state index in [1.807, 2.05) is 0 Å². The van der Waals surface area contributed by atoms with Crippen LogP contribution in [0.15, 0.2) is 0 Å². The smallest absolute Gasteiger partial charge is 0.475 e. The zero-order valence-electron chi connectivity index (χ0n) is 7.88. The summed E-state index contributed by atoms with van der Waals surface area (Å²) in [6, 6.07) is 0. The molecule has 0 rings (SSSR count). The highest BCUT2D eigenvalue weighted by Gasteiger charge is 2.38. The molecule has 0 aliphatic carbocycles. The summed E-state index contributed by atoms with van der Waals surface area (Å²) < 4.78 is 36.1. The number of rotatable bonds is 1. The molecule has 84 valence electrons. The lowest BCUT2D eigenvalue weighted by molar-refractivity contribution is -0.192. The van der Waals surface area contributed by atoms with E-state index in [-0.39, 0.29) is 11.9 Å². The third-order valence-corrected chi connectivity index (χ3v) is 0.915. The highest BCUT2D eigenvalue weighted by atomic mass is 19.4. The van der Waals surface area contributed by atoms with Crippen molar-refractivity contribution < 1.29 is 32.6 Å². The van der Waals surface area contributed by atoms with Gasteiger partial charge in [0.2, 0.25) is 0 Å². The Labute approximate surface area is 78.7 Å². The Morgan fingerprint density at radius 2 is 1.57 bits per heavy atom. The molecule has 0 atom stereocenters. The van der Waals surface area contributed by atoms with E-state index in [9.17, 15) is 18.0 Å². The van der Waals surface area contributed by atoms with Crippen molar-refractivity contribution in [3.05, 3.63) is 0 Å². The van der Waals surface area contributed by atoms with E-state index >= 15 is 0 Å². The molecule has 7 heteroatoms. The molecule has 0 saturated carbocycles. The van der Waals surface area contributed by atoms with Crippen molar-refractivity contribution >= 4 is 11.9 Å². The molecule has 0 saturated heterocycles. The zero-order valence-corrected chi connectivity index (χ0v) is 7.88. The Morgan fingerprint density at radius 1 is 1.29 bits per heavy atom. The fraction of sp³-hybridized carbons (Fsp3) is 0.714. The van der Waals surface area contributed by atoms with Crippen molar-refractivity contribution in [2.24, 2.45) is 5.92 Å². The number of carbonyl (C=O) groups is 2. The quantitative estimate of drug-likeness (QED) is 0.674. The van der Waals surface area contributed by atoms with Gasteiger partial charge >= 0.3 is 18.1 Å². The summed E-state index contributed by atoms with van der Waals surface area (Å²) in [5, 5.41) is 7.12. The lowest BCUT2D eigenvalue weighted by Gasteiger charge is -1.97. The van der Waals surface area contributed by atoms with Crippen LogP contribution >= 0.6 is 0 Å². The molecule has 0 radical (unpaired) electrons. The minimum Gasteiger partial charge on any atom is -0.475 e. The van der Waals surface area contributed by atoms with E-state index in [0.29, 0.717) is 0 Å². The molecule has 4 nitrogen and oxygen atoms in total. The van der Waals surface area contributed by atoms with Crippen molar-refractivity contribution in [3.8, 4) is 0 Å². The normalized spacial score (nSPS) is 10.2. The van der Waals surface area contributed by atoms with Gasteiger partial charge in [-0.2, -0.15) is 13.2 Å². The molecular formula is C7H11F3O4. The minimum atomic E-state index is -5.08.